The molecule has 3 radical (unpaired) electrons. The third-order valence-electron chi connectivity index (χ3n) is 0.370. The van der Waals surface area contributed by atoms with Crippen LogP contribution in [0.5, 0.6) is 0 Å². The van der Waals surface area contributed by atoms with Gasteiger partial charge in [-0.2, -0.15) is 0 Å². The van der Waals surface area contributed by atoms with Crippen molar-refractivity contribution in [3.05, 3.63) is 0 Å². The lowest BCUT2D eigenvalue weighted by molar-refractivity contribution is -0.110. The maximum Gasteiger partial charge on any atom is 0.185 e. The van der Waals surface area contributed by atoms with Crippen molar-refractivity contribution in [3.63, 3.8) is 0 Å². The first-order valence-corrected chi connectivity index (χ1v) is 2.61. The van der Waals surface area contributed by atoms with Gasteiger partial charge >= 0.3 is 0 Å². The van der Waals surface area contributed by atoms with Crippen LogP contribution >= 0.6 is 12.6 Å². The van der Waals surface area contributed by atoms with Crippen LogP contribution in [0.3, 0.4) is 0 Å². The van der Waals surface area contributed by atoms with E-state index in [1.165, 1.54) is 0 Å². The van der Waals surface area contributed by atoms with Gasteiger partial charge in [-0.05, 0) is 0 Å². The standard InChI is InChI=1S/C3H5OSSi/c1-2(6)3(4)5/h2H,1H3,(H,4,5). The molecule has 1 nitrogen and oxygen atoms in total. The summed E-state index contributed by atoms with van der Waals surface area (Å²) in [7, 11) is 3.06. The second-order valence-corrected chi connectivity index (χ2v) is 2.37. The summed E-state index contributed by atoms with van der Waals surface area (Å²) >= 11 is 3.51. The van der Waals surface area contributed by atoms with Gasteiger partial charge in [0.1, 0.15) is 0 Å². The zero-order chi connectivity index (χ0) is 5.15. The largest absolute Gasteiger partial charge is 0.288 e. The SMILES string of the molecule is CC([Si])C(=O)S. The minimum atomic E-state index is -0.133. The van der Waals surface area contributed by atoms with E-state index in [0.717, 1.165) is 0 Å². The number of carbonyl (C=O) groups is 1. The lowest BCUT2D eigenvalue weighted by Crippen LogP contribution is -1.93. The van der Waals surface area contributed by atoms with E-state index in [4.69, 9.17) is 0 Å². The van der Waals surface area contributed by atoms with Crippen LogP contribution in [-0.4, -0.2) is 15.4 Å². The number of thiol groups is 1. The molecule has 0 fully saturated rings. The molecule has 6 heavy (non-hydrogen) atoms. The van der Waals surface area contributed by atoms with Gasteiger partial charge in [0.15, 0.2) is 5.12 Å². The predicted molar refractivity (Wildman–Crippen MR) is 29.2 cm³/mol. The van der Waals surface area contributed by atoms with Crippen molar-refractivity contribution in [2.75, 3.05) is 0 Å². The molecule has 3 heteroatoms. The molecule has 0 bridgehead atoms. The monoisotopic (exact) mass is 117 g/mol. The van der Waals surface area contributed by atoms with Crippen LogP contribution < -0.4 is 0 Å². The molecule has 0 heterocycles. The van der Waals surface area contributed by atoms with Gasteiger partial charge in [-0.1, -0.05) is 6.92 Å². The Hall–Kier alpha value is 0.237. The summed E-state index contributed by atoms with van der Waals surface area (Å²) in [5, 5.41) is -0.133. The quantitative estimate of drug-likeness (QED) is 0.389. The second kappa shape index (κ2) is 2.42. The first-order chi connectivity index (χ1) is 2.64. The van der Waals surface area contributed by atoms with E-state index in [1.807, 2.05) is 0 Å². The fraction of sp³-hybridized carbons (Fsp3) is 0.667. The van der Waals surface area contributed by atoms with Gasteiger partial charge in [0, 0.05) is 15.8 Å². The molecule has 0 amide bonds. The molecule has 0 aliphatic rings. The molecular formula is C3H5OSSi. The molecule has 1 atom stereocenters. The van der Waals surface area contributed by atoms with Crippen molar-refractivity contribution in [1.29, 1.82) is 0 Å². The smallest absolute Gasteiger partial charge is 0.185 e. The molecule has 0 rings (SSSR count). The zero-order valence-electron chi connectivity index (χ0n) is 3.43. The Labute approximate surface area is 46.0 Å². The molecule has 0 saturated heterocycles. The van der Waals surface area contributed by atoms with Gasteiger partial charge in [-0.3, -0.25) is 4.79 Å². The summed E-state index contributed by atoms with van der Waals surface area (Å²) in [5.74, 6) is 0. The van der Waals surface area contributed by atoms with Crippen molar-refractivity contribution >= 4 is 28.0 Å². The zero-order valence-corrected chi connectivity index (χ0v) is 5.33. The van der Waals surface area contributed by atoms with Crippen molar-refractivity contribution in [2.24, 2.45) is 0 Å². The molecule has 0 aromatic rings. The van der Waals surface area contributed by atoms with Crippen LogP contribution in [0.15, 0.2) is 0 Å². The van der Waals surface area contributed by atoms with Gasteiger partial charge in [0.05, 0.1) is 0 Å². The summed E-state index contributed by atoms with van der Waals surface area (Å²) in [5.41, 5.74) is -0.117. The van der Waals surface area contributed by atoms with E-state index >= 15 is 0 Å². The lowest BCUT2D eigenvalue weighted by Gasteiger charge is -1.89. The molecule has 0 spiro atoms. The normalized spacial score (nSPS) is 13.8. The Morgan fingerprint density at radius 3 is 2.17 bits per heavy atom. The lowest BCUT2D eigenvalue weighted by atomic mass is 10.5. The van der Waals surface area contributed by atoms with Crippen molar-refractivity contribution in [2.45, 2.75) is 12.5 Å². The van der Waals surface area contributed by atoms with Crippen LogP contribution in [-0.2, 0) is 4.79 Å². The van der Waals surface area contributed by atoms with Crippen LogP contribution in [0.4, 0.5) is 0 Å². The van der Waals surface area contributed by atoms with E-state index in [1.54, 1.807) is 6.92 Å². The molecule has 0 aromatic carbocycles. The van der Waals surface area contributed by atoms with Gasteiger partial charge in [0.2, 0.25) is 0 Å². The summed E-state index contributed by atoms with van der Waals surface area (Å²) in [6.07, 6.45) is 0. The first kappa shape index (κ1) is 6.24. The van der Waals surface area contributed by atoms with Crippen molar-refractivity contribution in [1.82, 2.24) is 0 Å². The summed E-state index contributed by atoms with van der Waals surface area (Å²) in [6, 6.07) is 0. The van der Waals surface area contributed by atoms with Crippen LogP contribution in [0, 0.1) is 0 Å². The summed E-state index contributed by atoms with van der Waals surface area (Å²) < 4.78 is 0. The average molecular weight is 117 g/mol. The van der Waals surface area contributed by atoms with Crippen LogP contribution in [0.1, 0.15) is 6.92 Å². The Kier molecular flexibility index (Phi) is 2.51. The molecular weight excluding hydrogens is 112 g/mol. The van der Waals surface area contributed by atoms with Crippen molar-refractivity contribution in [3.8, 4) is 0 Å². The highest BCUT2D eigenvalue weighted by Gasteiger charge is 1.96. The Morgan fingerprint density at radius 2 is 2.17 bits per heavy atom. The maximum atomic E-state index is 9.96. The Morgan fingerprint density at radius 1 is 2.00 bits per heavy atom. The Balaban J connectivity index is 3.26. The number of rotatable bonds is 1. The van der Waals surface area contributed by atoms with Crippen molar-refractivity contribution < 1.29 is 4.79 Å². The van der Waals surface area contributed by atoms with E-state index < -0.39 is 0 Å². The molecule has 0 aliphatic carbocycles. The number of carbonyl (C=O) groups excluding carboxylic acids is 1. The predicted octanol–water partition coefficient (Wildman–Crippen LogP) is 0.420. The summed E-state index contributed by atoms with van der Waals surface area (Å²) in [4.78, 5) is 9.96. The van der Waals surface area contributed by atoms with E-state index in [2.05, 4.69) is 22.9 Å². The highest BCUT2D eigenvalue weighted by atomic mass is 32.1. The minimum Gasteiger partial charge on any atom is -0.288 e. The second-order valence-electron chi connectivity index (χ2n) is 1.06. The maximum absolute atomic E-state index is 9.96. The third kappa shape index (κ3) is 2.47. The highest BCUT2D eigenvalue weighted by molar-refractivity contribution is 7.96. The number of hydrogen-bond donors (Lipinski definition) is 1. The average Bonchev–Trinajstić information content (AvgIpc) is 1.36. The molecule has 1 unspecified atom stereocenters. The Bertz CT molecular complexity index is 61.8. The van der Waals surface area contributed by atoms with Gasteiger partial charge in [0.25, 0.3) is 0 Å². The topological polar surface area (TPSA) is 17.1 Å². The molecule has 0 aliphatic heterocycles. The van der Waals surface area contributed by atoms with Crippen LogP contribution in [0.25, 0.3) is 0 Å². The van der Waals surface area contributed by atoms with E-state index in [0.29, 0.717) is 0 Å². The molecule has 33 valence electrons. The van der Waals surface area contributed by atoms with E-state index in [9.17, 15) is 4.79 Å². The van der Waals surface area contributed by atoms with Crippen LogP contribution in [0.2, 0.25) is 5.54 Å². The molecule has 0 N–H and O–H groups in total. The van der Waals surface area contributed by atoms with Gasteiger partial charge in [-0.25, -0.2) is 0 Å². The summed E-state index contributed by atoms with van der Waals surface area (Å²) in [6.45, 7) is 1.73. The molecule has 0 aromatic heterocycles. The minimum absolute atomic E-state index is 0.117. The highest BCUT2D eigenvalue weighted by Crippen LogP contribution is 1.98. The third-order valence-corrected chi connectivity index (χ3v) is 1.26. The fourth-order valence-electron chi connectivity index (χ4n) is 0. The molecule has 0 saturated carbocycles. The van der Waals surface area contributed by atoms with Gasteiger partial charge in [-0.15, -0.1) is 12.6 Å². The van der Waals surface area contributed by atoms with Gasteiger partial charge < -0.3 is 0 Å². The van der Waals surface area contributed by atoms with E-state index in [-0.39, 0.29) is 10.7 Å². The number of hydrogen-bond acceptors (Lipinski definition) is 1. The first-order valence-electron chi connectivity index (χ1n) is 1.58. The fourth-order valence-corrected chi connectivity index (χ4v) is 0.